The summed E-state index contributed by atoms with van der Waals surface area (Å²) in [5, 5.41) is 3.29. The largest absolute Gasteiger partial charge is 0.469 e. The fourth-order valence-corrected chi connectivity index (χ4v) is 0.799. The monoisotopic (exact) mass is 187 g/mol. The van der Waals surface area contributed by atoms with Crippen LogP contribution in [0.25, 0.3) is 0 Å². The minimum Gasteiger partial charge on any atom is -0.469 e. The van der Waals surface area contributed by atoms with E-state index >= 15 is 0 Å². The number of methoxy groups -OCH3 is 1. The fraction of sp³-hybridized carbons (Fsp3) is 0.900. The maximum Gasteiger partial charge on any atom is 0.306 e. The van der Waals surface area contributed by atoms with E-state index in [1.165, 1.54) is 7.11 Å². The summed E-state index contributed by atoms with van der Waals surface area (Å²) >= 11 is 0. The lowest BCUT2D eigenvalue weighted by Crippen LogP contribution is -2.38. The molecule has 0 aliphatic carbocycles. The molecule has 78 valence electrons. The van der Waals surface area contributed by atoms with Crippen LogP contribution in [-0.2, 0) is 9.53 Å². The Balaban J connectivity index is 3.60. The molecule has 0 spiro atoms. The normalized spacial score (nSPS) is 13.9. The maximum atomic E-state index is 10.8. The molecule has 0 aliphatic heterocycles. The van der Waals surface area contributed by atoms with Crippen LogP contribution in [-0.4, -0.2) is 25.7 Å². The van der Waals surface area contributed by atoms with Crippen LogP contribution in [0.5, 0.6) is 0 Å². The van der Waals surface area contributed by atoms with Crippen LogP contribution >= 0.6 is 0 Å². The minimum atomic E-state index is -0.159. The Labute approximate surface area is 80.8 Å². The molecule has 0 aromatic carbocycles. The first-order chi connectivity index (χ1) is 5.88. The molecule has 0 bridgehead atoms. The average molecular weight is 187 g/mol. The van der Waals surface area contributed by atoms with Gasteiger partial charge in [-0.1, -0.05) is 20.8 Å². The molecule has 0 saturated carbocycles. The molecule has 0 heterocycles. The lowest BCUT2D eigenvalue weighted by atomic mass is 9.88. The van der Waals surface area contributed by atoms with Crippen molar-refractivity contribution in [2.75, 3.05) is 13.7 Å². The van der Waals surface area contributed by atoms with Crippen LogP contribution in [0, 0.1) is 5.41 Å². The number of ether oxygens (including phenoxy) is 1. The highest BCUT2D eigenvalue weighted by atomic mass is 16.5. The molecule has 3 heteroatoms. The van der Waals surface area contributed by atoms with Gasteiger partial charge in [-0.25, -0.2) is 0 Å². The van der Waals surface area contributed by atoms with Crippen LogP contribution in [0.1, 0.15) is 34.1 Å². The quantitative estimate of drug-likeness (QED) is 0.679. The van der Waals surface area contributed by atoms with E-state index in [1.807, 2.05) is 0 Å². The number of esters is 1. The van der Waals surface area contributed by atoms with Gasteiger partial charge in [-0.05, 0) is 12.3 Å². The van der Waals surface area contributed by atoms with E-state index in [9.17, 15) is 4.79 Å². The predicted molar refractivity (Wildman–Crippen MR) is 53.6 cm³/mol. The Kier molecular flexibility index (Phi) is 4.99. The molecule has 1 unspecified atom stereocenters. The van der Waals surface area contributed by atoms with Gasteiger partial charge in [-0.2, -0.15) is 0 Å². The first-order valence-corrected chi connectivity index (χ1v) is 4.68. The third-order valence-electron chi connectivity index (χ3n) is 2.31. The molecule has 0 fully saturated rings. The van der Waals surface area contributed by atoms with Gasteiger partial charge >= 0.3 is 5.97 Å². The highest BCUT2D eigenvalue weighted by Crippen LogP contribution is 2.18. The Morgan fingerprint density at radius 3 is 2.38 bits per heavy atom. The van der Waals surface area contributed by atoms with Gasteiger partial charge in [0.25, 0.3) is 0 Å². The van der Waals surface area contributed by atoms with E-state index in [1.54, 1.807) is 0 Å². The summed E-state index contributed by atoms with van der Waals surface area (Å²) in [4.78, 5) is 10.8. The summed E-state index contributed by atoms with van der Waals surface area (Å²) < 4.78 is 4.54. The van der Waals surface area contributed by atoms with E-state index in [4.69, 9.17) is 0 Å². The molecule has 0 aromatic rings. The number of hydrogen-bond donors (Lipinski definition) is 1. The summed E-state index contributed by atoms with van der Waals surface area (Å²) in [5.41, 5.74) is 0.232. The highest BCUT2D eigenvalue weighted by molar-refractivity contribution is 5.69. The molecule has 13 heavy (non-hydrogen) atoms. The summed E-state index contributed by atoms with van der Waals surface area (Å²) in [7, 11) is 1.41. The van der Waals surface area contributed by atoms with E-state index in [0.29, 0.717) is 19.0 Å². The van der Waals surface area contributed by atoms with Gasteiger partial charge in [-0.15, -0.1) is 0 Å². The van der Waals surface area contributed by atoms with Gasteiger partial charge in [0.15, 0.2) is 0 Å². The zero-order valence-corrected chi connectivity index (χ0v) is 9.31. The summed E-state index contributed by atoms with van der Waals surface area (Å²) in [5.74, 6) is -0.159. The lowest BCUT2D eigenvalue weighted by Gasteiger charge is -2.28. The number of rotatable bonds is 4. The third-order valence-corrected chi connectivity index (χ3v) is 2.31. The SMILES string of the molecule is COC(=O)CCNC(C)C(C)(C)C. The second-order valence-electron chi connectivity index (χ2n) is 4.37. The van der Waals surface area contributed by atoms with Crippen molar-refractivity contribution in [3.05, 3.63) is 0 Å². The van der Waals surface area contributed by atoms with Crippen LogP contribution < -0.4 is 5.32 Å². The molecular formula is C10H21NO2. The molecule has 0 radical (unpaired) electrons. The molecule has 1 N–H and O–H groups in total. The van der Waals surface area contributed by atoms with Crippen molar-refractivity contribution in [1.82, 2.24) is 5.32 Å². The van der Waals surface area contributed by atoms with Crippen molar-refractivity contribution in [2.24, 2.45) is 5.41 Å². The zero-order chi connectivity index (χ0) is 10.5. The Hall–Kier alpha value is -0.570. The Bertz CT molecular complexity index is 161. The number of carbonyl (C=O) groups is 1. The molecule has 0 saturated heterocycles. The Morgan fingerprint density at radius 1 is 1.46 bits per heavy atom. The first kappa shape index (κ1) is 12.4. The van der Waals surface area contributed by atoms with Crippen molar-refractivity contribution in [3.63, 3.8) is 0 Å². The summed E-state index contributed by atoms with van der Waals surface area (Å²) in [6.45, 7) is 9.32. The van der Waals surface area contributed by atoms with E-state index < -0.39 is 0 Å². The predicted octanol–water partition coefficient (Wildman–Crippen LogP) is 1.57. The lowest BCUT2D eigenvalue weighted by molar-refractivity contribution is -0.140. The van der Waals surface area contributed by atoms with Crippen LogP contribution in [0.15, 0.2) is 0 Å². The van der Waals surface area contributed by atoms with Crippen molar-refractivity contribution in [3.8, 4) is 0 Å². The first-order valence-electron chi connectivity index (χ1n) is 4.68. The van der Waals surface area contributed by atoms with E-state index in [2.05, 4.69) is 37.7 Å². The minimum absolute atomic E-state index is 0.159. The maximum absolute atomic E-state index is 10.8. The fourth-order valence-electron chi connectivity index (χ4n) is 0.799. The molecule has 0 rings (SSSR count). The molecule has 0 aromatic heterocycles. The van der Waals surface area contributed by atoms with Gasteiger partial charge < -0.3 is 10.1 Å². The zero-order valence-electron chi connectivity index (χ0n) is 9.31. The number of carbonyl (C=O) groups excluding carboxylic acids is 1. The van der Waals surface area contributed by atoms with E-state index in [0.717, 1.165) is 0 Å². The van der Waals surface area contributed by atoms with Crippen LogP contribution in [0.2, 0.25) is 0 Å². The van der Waals surface area contributed by atoms with Crippen LogP contribution in [0.3, 0.4) is 0 Å². The molecule has 1 atom stereocenters. The average Bonchev–Trinajstić information content (AvgIpc) is 2.02. The van der Waals surface area contributed by atoms with Crippen LogP contribution in [0.4, 0.5) is 0 Å². The van der Waals surface area contributed by atoms with Gasteiger partial charge in [-0.3, -0.25) is 4.79 Å². The number of hydrogen-bond acceptors (Lipinski definition) is 3. The smallest absolute Gasteiger partial charge is 0.306 e. The summed E-state index contributed by atoms with van der Waals surface area (Å²) in [6.07, 6.45) is 0.441. The molecule has 0 amide bonds. The standard InChI is InChI=1S/C10H21NO2/c1-8(10(2,3)4)11-7-6-9(12)13-5/h8,11H,6-7H2,1-5H3. The van der Waals surface area contributed by atoms with Crippen molar-refractivity contribution < 1.29 is 9.53 Å². The second kappa shape index (κ2) is 5.22. The molecular weight excluding hydrogens is 166 g/mol. The van der Waals surface area contributed by atoms with Crippen molar-refractivity contribution in [1.29, 1.82) is 0 Å². The third kappa shape index (κ3) is 5.64. The second-order valence-corrected chi connectivity index (χ2v) is 4.37. The van der Waals surface area contributed by atoms with Gasteiger partial charge in [0, 0.05) is 12.6 Å². The Morgan fingerprint density at radius 2 is 2.00 bits per heavy atom. The van der Waals surface area contributed by atoms with E-state index in [-0.39, 0.29) is 11.4 Å². The topological polar surface area (TPSA) is 38.3 Å². The van der Waals surface area contributed by atoms with Crippen molar-refractivity contribution in [2.45, 2.75) is 40.2 Å². The molecule has 3 nitrogen and oxygen atoms in total. The van der Waals surface area contributed by atoms with Gasteiger partial charge in [0.2, 0.25) is 0 Å². The van der Waals surface area contributed by atoms with Gasteiger partial charge in [0.05, 0.1) is 13.5 Å². The summed E-state index contributed by atoms with van der Waals surface area (Å²) in [6, 6.07) is 0.400. The highest BCUT2D eigenvalue weighted by Gasteiger charge is 2.19. The van der Waals surface area contributed by atoms with Crippen molar-refractivity contribution >= 4 is 5.97 Å². The number of nitrogens with one attached hydrogen (secondary N) is 1. The molecule has 0 aliphatic rings. The van der Waals surface area contributed by atoms with Gasteiger partial charge in [0.1, 0.15) is 0 Å².